The molecule has 0 bridgehead atoms. The van der Waals surface area contributed by atoms with Crippen LogP contribution in [0.5, 0.6) is 0 Å². The first kappa shape index (κ1) is 13.0. The Hall–Kier alpha value is -1.07. The quantitative estimate of drug-likeness (QED) is 0.740. The minimum atomic E-state index is -0.980. The lowest BCUT2D eigenvalue weighted by molar-refractivity contribution is 0.0690. The van der Waals surface area contributed by atoms with Crippen LogP contribution in [0.1, 0.15) is 22.6 Å². The monoisotopic (exact) mass is 241 g/mol. The number of thioether (sulfide) groups is 1. The third-order valence-electron chi connectivity index (χ3n) is 1.91. The molecule has 0 aliphatic heterocycles. The summed E-state index contributed by atoms with van der Waals surface area (Å²) in [4.78, 5) is 14.7. The van der Waals surface area contributed by atoms with Crippen molar-refractivity contribution >= 4 is 17.7 Å². The summed E-state index contributed by atoms with van der Waals surface area (Å²) < 4.78 is 4.94. The minimum Gasteiger partial charge on any atom is -0.477 e. The van der Waals surface area contributed by atoms with Gasteiger partial charge in [0.25, 0.3) is 0 Å². The molecule has 1 rings (SSSR count). The van der Waals surface area contributed by atoms with E-state index in [1.54, 1.807) is 24.9 Å². The van der Waals surface area contributed by atoms with E-state index < -0.39 is 5.97 Å². The molecule has 1 heterocycles. The highest BCUT2D eigenvalue weighted by Crippen LogP contribution is 2.11. The zero-order valence-electron chi connectivity index (χ0n) is 9.18. The summed E-state index contributed by atoms with van der Waals surface area (Å²) in [6.45, 7) is 0.760. The number of rotatable bonds is 7. The van der Waals surface area contributed by atoms with Crippen molar-refractivity contribution in [2.45, 2.75) is 12.2 Å². The van der Waals surface area contributed by atoms with Crippen molar-refractivity contribution < 1.29 is 14.6 Å². The van der Waals surface area contributed by atoms with Gasteiger partial charge >= 0.3 is 5.97 Å². The fourth-order valence-corrected chi connectivity index (χ4v) is 2.00. The van der Waals surface area contributed by atoms with Crippen LogP contribution in [0.25, 0.3) is 0 Å². The van der Waals surface area contributed by atoms with Gasteiger partial charge in [-0.1, -0.05) is 6.07 Å². The van der Waals surface area contributed by atoms with E-state index in [-0.39, 0.29) is 5.69 Å². The lowest BCUT2D eigenvalue weighted by atomic mass is 10.3. The highest BCUT2D eigenvalue weighted by Gasteiger charge is 2.04. The van der Waals surface area contributed by atoms with Crippen molar-refractivity contribution in [2.24, 2.45) is 0 Å². The van der Waals surface area contributed by atoms with E-state index in [9.17, 15) is 4.79 Å². The molecule has 0 fully saturated rings. The Balaban J connectivity index is 2.36. The van der Waals surface area contributed by atoms with Crippen LogP contribution in [0, 0.1) is 0 Å². The molecule has 0 atom stereocenters. The maximum Gasteiger partial charge on any atom is 0.354 e. The molecule has 1 N–H and O–H groups in total. The first-order valence-corrected chi connectivity index (χ1v) is 6.15. The van der Waals surface area contributed by atoms with Gasteiger partial charge in [0.1, 0.15) is 5.69 Å². The molecule has 1 aromatic rings. The Bertz CT molecular complexity index is 344. The van der Waals surface area contributed by atoms with Gasteiger partial charge in [0.05, 0.1) is 5.69 Å². The predicted octanol–water partition coefficient (Wildman–Crippen LogP) is 2.05. The Kier molecular flexibility index (Phi) is 5.88. The second-order valence-corrected chi connectivity index (χ2v) is 4.32. The summed E-state index contributed by atoms with van der Waals surface area (Å²) in [5.74, 6) is 0.753. The number of pyridine rings is 1. The Labute approximate surface area is 99.0 Å². The normalized spacial score (nSPS) is 10.3. The van der Waals surface area contributed by atoms with Gasteiger partial charge in [-0.25, -0.2) is 9.78 Å². The third-order valence-corrected chi connectivity index (χ3v) is 2.99. The van der Waals surface area contributed by atoms with Crippen molar-refractivity contribution in [3.05, 3.63) is 29.6 Å². The maximum absolute atomic E-state index is 10.7. The Morgan fingerprint density at radius 1 is 1.56 bits per heavy atom. The molecule has 0 spiro atoms. The molecule has 0 saturated carbocycles. The van der Waals surface area contributed by atoms with E-state index in [1.807, 2.05) is 6.07 Å². The molecule has 0 amide bonds. The highest BCUT2D eigenvalue weighted by molar-refractivity contribution is 7.98. The van der Waals surface area contributed by atoms with Crippen LogP contribution >= 0.6 is 11.8 Å². The van der Waals surface area contributed by atoms with Crippen molar-refractivity contribution in [3.63, 3.8) is 0 Å². The number of methoxy groups -OCH3 is 1. The number of hydrogen-bond donors (Lipinski definition) is 1. The maximum atomic E-state index is 10.7. The van der Waals surface area contributed by atoms with Crippen LogP contribution in [-0.4, -0.2) is 35.5 Å². The molecule has 0 aliphatic rings. The summed E-state index contributed by atoms with van der Waals surface area (Å²) >= 11 is 1.73. The first-order chi connectivity index (χ1) is 7.74. The number of aromatic carboxylic acids is 1. The smallest absolute Gasteiger partial charge is 0.354 e. The number of nitrogens with zero attached hydrogens (tertiary/aromatic N) is 1. The van der Waals surface area contributed by atoms with Crippen molar-refractivity contribution in [3.8, 4) is 0 Å². The predicted molar refractivity (Wildman–Crippen MR) is 63.9 cm³/mol. The van der Waals surface area contributed by atoms with Crippen LogP contribution in [-0.2, 0) is 10.5 Å². The van der Waals surface area contributed by atoms with Crippen LogP contribution in [0.15, 0.2) is 18.2 Å². The highest BCUT2D eigenvalue weighted by atomic mass is 32.2. The number of aromatic nitrogens is 1. The van der Waals surface area contributed by atoms with Gasteiger partial charge in [0, 0.05) is 19.5 Å². The van der Waals surface area contributed by atoms with Crippen LogP contribution in [0.3, 0.4) is 0 Å². The summed E-state index contributed by atoms with van der Waals surface area (Å²) in [6.07, 6.45) is 1.000. The van der Waals surface area contributed by atoms with E-state index in [2.05, 4.69) is 4.98 Å². The van der Waals surface area contributed by atoms with Gasteiger partial charge in [-0.3, -0.25) is 0 Å². The molecule has 88 valence electrons. The standard InChI is InChI=1S/C11H15NO3S/c1-15-6-3-7-16-8-9-4-2-5-10(12-9)11(13)14/h2,4-5H,3,6-8H2,1H3,(H,13,14). The van der Waals surface area contributed by atoms with Gasteiger partial charge in [-0.15, -0.1) is 0 Å². The molecule has 4 nitrogen and oxygen atoms in total. The molecule has 0 saturated heterocycles. The third kappa shape index (κ3) is 4.63. The Morgan fingerprint density at radius 3 is 3.06 bits per heavy atom. The van der Waals surface area contributed by atoms with Crippen LogP contribution in [0.4, 0.5) is 0 Å². The fraction of sp³-hybridized carbons (Fsp3) is 0.455. The lowest BCUT2D eigenvalue weighted by Crippen LogP contribution is -2.02. The first-order valence-electron chi connectivity index (χ1n) is 5.00. The molecular formula is C11H15NO3S. The number of hydrogen-bond acceptors (Lipinski definition) is 4. The van der Waals surface area contributed by atoms with E-state index in [1.165, 1.54) is 6.07 Å². The molecule has 0 unspecified atom stereocenters. The molecular weight excluding hydrogens is 226 g/mol. The van der Waals surface area contributed by atoms with E-state index in [0.717, 1.165) is 30.2 Å². The molecule has 0 aromatic carbocycles. The zero-order valence-corrected chi connectivity index (χ0v) is 10.00. The molecule has 16 heavy (non-hydrogen) atoms. The van der Waals surface area contributed by atoms with Gasteiger partial charge in [-0.05, 0) is 24.3 Å². The SMILES string of the molecule is COCCCSCc1cccc(C(=O)O)n1. The van der Waals surface area contributed by atoms with Crippen molar-refractivity contribution in [2.75, 3.05) is 19.5 Å². The van der Waals surface area contributed by atoms with Crippen LogP contribution in [0.2, 0.25) is 0 Å². The van der Waals surface area contributed by atoms with Crippen molar-refractivity contribution in [1.29, 1.82) is 0 Å². The molecule has 0 aliphatic carbocycles. The average Bonchev–Trinajstić information content (AvgIpc) is 2.29. The number of carboxylic acid groups (broad SMARTS) is 1. The summed E-state index contributed by atoms with van der Waals surface area (Å²) in [7, 11) is 1.68. The second-order valence-electron chi connectivity index (χ2n) is 3.22. The van der Waals surface area contributed by atoms with E-state index in [4.69, 9.17) is 9.84 Å². The lowest BCUT2D eigenvalue weighted by Gasteiger charge is -2.02. The zero-order chi connectivity index (χ0) is 11.8. The number of carboxylic acids is 1. The largest absolute Gasteiger partial charge is 0.477 e. The molecule has 0 radical (unpaired) electrons. The van der Waals surface area contributed by atoms with Gasteiger partial charge in [-0.2, -0.15) is 11.8 Å². The topological polar surface area (TPSA) is 59.4 Å². The minimum absolute atomic E-state index is 0.106. The van der Waals surface area contributed by atoms with Gasteiger partial charge in [0.15, 0.2) is 0 Å². The van der Waals surface area contributed by atoms with Crippen LogP contribution < -0.4 is 0 Å². The van der Waals surface area contributed by atoms with E-state index in [0.29, 0.717) is 0 Å². The average molecular weight is 241 g/mol. The van der Waals surface area contributed by atoms with Gasteiger partial charge < -0.3 is 9.84 Å². The summed E-state index contributed by atoms with van der Waals surface area (Å²) in [5.41, 5.74) is 0.914. The summed E-state index contributed by atoms with van der Waals surface area (Å²) in [5, 5.41) is 8.76. The fourth-order valence-electron chi connectivity index (χ4n) is 1.16. The van der Waals surface area contributed by atoms with Gasteiger partial charge in [0.2, 0.25) is 0 Å². The van der Waals surface area contributed by atoms with E-state index >= 15 is 0 Å². The Morgan fingerprint density at radius 2 is 2.38 bits per heavy atom. The second kappa shape index (κ2) is 7.24. The summed E-state index contributed by atoms with van der Waals surface area (Å²) in [6, 6.07) is 5.07. The molecule has 1 aromatic heterocycles. The number of carbonyl (C=O) groups is 1. The molecule has 5 heteroatoms. The number of ether oxygens (including phenoxy) is 1. The van der Waals surface area contributed by atoms with Crippen molar-refractivity contribution in [1.82, 2.24) is 4.98 Å².